The van der Waals surface area contributed by atoms with E-state index in [0.717, 1.165) is 37.1 Å². The molecule has 1 N–H and O–H groups in total. The largest absolute Gasteiger partial charge is 0.496 e. The summed E-state index contributed by atoms with van der Waals surface area (Å²) >= 11 is 0. The van der Waals surface area contributed by atoms with Crippen LogP contribution in [0, 0.1) is 5.82 Å². The highest BCUT2D eigenvalue weighted by Gasteiger charge is 2.27. The van der Waals surface area contributed by atoms with Crippen LogP contribution < -0.4 is 10.1 Å². The summed E-state index contributed by atoms with van der Waals surface area (Å²) in [6.45, 7) is 3.24. The summed E-state index contributed by atoms with van der Waals surface area (Å²) in [7, 11) is 1.65. The standard InChI is InChI=1S/C15H22FNO/c1-3-8-17-13-6-4-11(9-13)14-10-12(16)5-7-15(14)18-2/h5,7,10-11,13,17H,3-4,6,8-9H2,1-2H3. The Hall–Kier alpha value is -1.09. The molecule has 0 saturated heterocycles. The van der Waals surface area contributed by atoms with Crippen molar-refractivity contribution in [2.24, 2.45) is 0 Å². The summed E-state index contributed by atoms with van der Waals surface area (Å²) in [4.78, 5) is 0. The molecule has 2 atom stereocenters. The summed E-state index contributed by atoms with van der Waals surface area (Å²) in [5, 5.41) is 3.55. The Balaban J connectivity index is 2.06. The van der Waals surface area contributed by atoms with E-state index in [1.54, 1.807) is 19.2 Å². The lowest BCUT2D eigenvalue weighted by Gasteiger charge is -2.16. The first-order valence-corrected chi connectivity index (χ1v) is 6.81. The van der Waals surface area contributed by atoms with Gasteiger partial charge in [0.05, 0.1) is 7.11 Å². The lowest BCUT2D eigenvalue weighted by Crippen LogP contribution is -2.26. The zero-order chi connectivity index (χ0) is 13.0. The molecule has 0 aromatic heterocycles. The minimum absolute atomic E-state index is 0.171. The molecule has 1 saturated carbocycles. The number of benzene rings is 1. The smallest absolute Gasteiger partial charge is 0.123 e. The molecule has 0 aliphatic heterocycles. The van der Waals surface area contributed by atoms with Crippen LogP contribution in [-0.2, 0) is 0 Å². The Labute approximate surface area is 109 Å². The number of hydrogen-bond acceptors (Lipinski definition) is 2. The molecule has 0 radical (unpaired) electrons. The Kier molecular flexibility index (Phi) is 4.59. The van der Waals surface area contributed by atoms with Crippen LogP contribution in [0.25, 0.3) is 0 Å². The van der Waals surface area contributed by atoms with Crippen molar-refractivity contribution >= 4 is 0 Å². The van der Waals surface area contributed by atoms with Gasteiger partial charge in [-0.05, 0) is 56.3 Å². The Morgan fingerprint density at radius 3 is 2.94 bits per heavy atom. The normalized spacial score (nSPS) is 23.3. The fourth-order valence-electron chi connectivity index (χ4n) is 2.82. The molecular weight excluding hydrogens is 229 g/mol. The lowest BCUT2D eigenvalue weighted by atomic mass is 9.96. The van der Waals surface area contributed by atoms with Gasteiger partial charge in [0.25, 0.3) is 0 Å². The molecule has 18 heavy (non-hydrogen) atoms. The van der Waals surface area contributed by atoms with Crippen molar-refractivity contribution in [1.82, 2.24) is 5.32 Å². The third-order valence-corrected chi connectivity index (χ3v) is 3.75. The topological polar surface area (TPSA) is 21.3 Å². The number of methoxy groups -OCH3 is 1. The van der Waals surface area contributed by atoms with Crippen molar-refractivity contribution in [3.05, 3.63) is 29.6 Å². The molecule has 0 heterocycles. The van der Waals surface area contributed by atoms with Gasteiger partial charge in [-0.25, -0.2) is 4.39 Å². The first kappa shape index (κ1) is 13.3. The number of hydrogen-bond donors (Lipinski definition) is 1. The first-order valence-electron chi connectivity index (χ1n) is 6.81. The van der Waals surface area contributed by atoms with Gasteiger partial charge in [0.2, 0.25) is 0 Å². The number of ether oxygens (including phenoxy) is 1. The van der Waals surface area contributed by atoms with Crippen LogP contribution in [-0.4, -0.2) is 19.7 Å². The molecule has 1 aromatic rings. The summed E-state index contributed by atoms with van der Waals surface area (Å²) in [6, 6.07) is 5.40. The fraction of sp³-hybridized carbons (Fsp3) is 0.600. The van der Waals surface area contributed by atoms with Crippen molar-refractivity contribution in [3.8, 4) is 5.75 Å². The van der Waals surface area contributed by atoms with Crippen LogP contribution in [0.4, 0.5) is 4.39 Å². The molecule has 1 aliphatic rings. The Morgan fingerprint density at radius 2 is 2.22 bits per heavy atom. The molecule has 1 fully saturated rings. The zero-order valence-corrected chi connectivity index (χ0v) is 11.2. The monoisotopic (exact) mass is 251 g/mol. The number of rotatable bonds is 5. The summed E-state index contributed by atoms with van der Waals surface area (Å²) in [5.41, 5.74) is 1.03. The SMILES string of the molecule is CCCNC1CCC(c2cc(F)ccc2OC)C1. The fourth-order valence-corrected chi connectivity index (χ4v) is 2.82. The molecule has 0 bridgehead atoms. The van der Waals surface area contributed by atoms with E-state index in [0.29, 0.717) is 12.0 Å². The lowest BCUT2D eigenvalue weighted by molar-refractivity contribution is 0.403. The van der Waals surface area contributed by atoms with Gasteiger partial charge < -0.3 is 10.1 Å². The van der Waals surface area contributed by atoms with Crippen molar-refractivity contribution in [2.45, 2.75) is 44.6 Å². The van der Waals surface area contributed by atoms with Crippen LogP contribution in [0.5, 0.6) is 5.75 Å². The van der Waals surface area contributed by atoms with Crippen LogP contribution in [0.1, 0.15) is 44.1 Å². The molecular formula is C15H22FNO. The highest BCUT2D eigenvalue weighted by molar-refractivity contribution is 5.37. The summed E-state index contributed by atoms with van der Waals surface area (Å²) in [6.07, 6.45) is 4.52. The van der Waals surface area contributed by atoms with Crippen molar-refractivity contribution < 1.29 is 9.13 Å². The van der Waals surface area contributed by atoms with Gasteiger partial charge >= 0.3 is 0 Å². The highest BCUT2D eigenvalue weighted by atomic mass is 19.1. The van der Waals surface area contributed by atoms with E-state index in [2.05, 4.69) is 12.2 Å². The van der Waals surface area contributed by atoms with Crippen LogP contribution in [0.15, 0.2) is 18.2 Å². The maximum absolute atomic E-state index is 13.4. The Morgan fingerprint density at radius 1 is 1.39 bits per heavy atom. The average molecular weight is 251 g/mol. The van der Waals surface area contributed by atoms with Crippen molar-refractivity contribution in [1.29, 1.82) is 0 Å². The maximum Gasteiger partial charge on any atom is 0.123 e. The minimum Gasteiger partial charge on any atom is -0.496 e. The van der Waals surface area contributed by atoms with Gasteiger partial charge in [-0.3, -0.25) is 0 Å². The van der Waals surface area contributed by atoms with Crippen LogP contribution in [0.2, 0.25) is 0 Å². The third kappa shape index (κ3) is 3.02. The second kappa shape index (κ2) is 6.19. The van der Waals surface area contributed by atoms with Gasteiger partial charge in [-0.2, -0.15) is 0 Å². The summed E-state index contributed by atoms with van der Waals surface area (Å²) < 4.78 is 18.7. The predicted molar refractivity (Wildman–Crippen MR) is 71.6 cm³/mol. The van der Waals surface area contributed by atoms with Gasteiger partial charge in [0.15, 0.2) is 0 Å². The van der Waals surface area contributed by atoms with Crippen molar-refractivity contribution in [3.63, 3.8) is 0 Å². The molecule has 2 unspecified atom stereocenters. The second-order valence-electron chi connectivity index (χ2n) is 5.05. The molecule has 1 aromatic carbocycles. The highest BCUT2D eigenvalue weighted by Crippen LogP contribution is 2.39. The number of nitrogens with one attached hydrogen (secondary N) is 1. The molecule has 2 nitrogen and oxygen atoms in total. The average Bonchev–Trinajstić information content (AvgIpc) is 2.85. The molecule has 3 heteroatoms. The Bertz CT molecular complexity index is 394. The van der Waals surface area contributed by atoms with Crippen molar-refractivity contribution in [2.75, 3.05) is 13.7 Å². The second-order valence-corrected chi connectivity index (χ2v) is 5.05. The molecule has 100 valence electrons. The van der Waals surface area contributed by atoms with Crippen LogP contribution in [0.3, 0.4) is 0 Å². The van der Waals surface area contributed by atoms with Gasteiger partial charge in [-0.15, -0.1) is 0 Å². The van der Waals surface area contributed by atoms with E-state index < -0.39 is 0 Å². The van der Waals surface area contributed by atoms with Gasteiger partial charge in [0.1, 0.15) is 11.6 Å². The van der Waals surface area contributed by atoms with E-state index in [-0.39, 0.29) is 5.82 Å². The zero-order valence-electron chi connectivity index (χ0n) is 11.2. The van der Waals surface area contributed by atoms with Crippen LogP contribution >= 0.6 is 0 Å². The van der Waals surface area contributed by atoms with Gasteiger partial charge in [-0.1, -0.05) is 6.92 Å². The molecule has 1 aliphatic carbocycles. The quantitative estimate of drug-likeness (QED) is 0.865. The van der Waals surface area contributed by atoms with E-state index in [1.807, 2.05) is 0 Å². The van der Waals surface area contributed by atoms with E-state index >= 15 is 0 Å². The predicted octanol–water partition coefficient (Wildman–Crippen LogP) is 3.47. The van der Waals surface area contributed by atoms with Gasteiger partial charge in [0, 0.05) is 11.6 Å². The summed E-state index contributed by atoms with van der Waals surface area (Å²) in [5.74, 6) is 1.07. The minimum atomic E-state index is -0.171. The first-order chi connectivity index (χ1) is 8.74. The number of halogens is 1. The maximum atomic E-state index is 13.4. The van der Waals surface area contributed by atoms with E-state index in [1.165, 1.54) is 12.5 Å². The molecule has 0 spiro atoms. The molecule has 2 rings (SSSR count). The van der Waals surface area contributed by atoms with E-state index in [9.17, 15) is 4.39 Å². The van der Waals surface area contributed by atoms with E-state index in [4.69, 9.17) is 4.74 Å². The molecule has 0 amide bonds. The third-order valence-electron chi connectivity index (χ3n) is 3.75.